The van der Waals surface area contributed by atoms with E-state index >= 15 is 0 Å². The fraction of sp³-hybridized carbons (Fsp3) is 0.133. The number of carbonyl (C=O) groups excluding carboxylic acids is 1. The lowest BCUT2D eigenvalue weighted by Gasteiger charge is -2.13. The third-order valence-electron chi connectivity index (χ3n) is 6.51. The van der Waals surface area contributed by atoms with Crippen molar-refractivity contribution in [2.75, 3.05) is 0 Å². The Labute approximate surface area is 208 Å². The summed E-state index contributed by atoms with van der Waals surface area (Å²) in [6.07, 6.45) is 1.68. The maximum atomic E-state index is 12.3. The number of hydrogen-bond donors (Lipinski definition) is 1. The second-order valence-electron chi connectivity index (χ2n) is 9.25. The molecule has 1 aliphatic heterocycles. The molecule has 3 aromatic carbocycles. The molecule has 1 N–H and O–H groups in total. The smallest absolute Gasteiger partial charge is 0.296 e. The number of pyridine rings is 1. The van der Waals surface area contributed by atoms with E-state index in [4.69, 9.17) is 4.98 Å². The molecule has 2 aromatic heterocycles. The van der Waals surface area contributed by atoms with Gasteiger partial charge < -0.3 is 4.57 Å². The van der Waals surface area contributed by atoms with Crippen molar-refractivity contribution in [2.24, 2.45) is 10.1 Å². The molecule has 0 spiro atoms. The van der Waals surface area contributed by atoms with E-state index in [-0.39, 0.29) is 11.8 Å². The van der Waals surface area contributed by atoms with Crippen molar-refractivity contribution in [1.82, 2.24) is 15.0 Å². The van der Waals surface area contributed by atoms with Crippen molar-refractivity contribution in [3.05, 3.63) is 112 Å². The molecule has 3 heterocycles. The van der Waals surface area contributed by atoms with E-state index in [0.717, 1.165) is 34.1 Å². The van der Waals surface area contributed by atoms with E-state index in [1.165, 1.54) is 16.5 Å². The Morgan fingerprint density at radius 2 is 1.69 bits per heavy atom. The lowest BCUT2D eigenvalue weighted by molar-refractivity contribution is -0.113. The standard InChI is InChI=1S/C30H25N5O/c1-19(2)27-29-24(22-12-7-9-15-26(22)35(29)18-20-10-4-3-5-11-20)16-21(32-27)17-31-34-28-23-13-6-8-14-25(23)33-30(28)36/h3-17,19H,18H2,1-2H3,(H,33,34,36). The van der Waals surface area contributed by atoms with Crippen LogP contribution in [0.25, 0.3) is 27.5 Å². The molecule has 5 aromatic rings. The molecule has 0 fully saturated rings. The minimum Gasteiger partial charge on any atom is -0.334 e. The average Bonchev–Trinajstić information content (AvgIpc) is 3.38. The van der Waals surface area contributed by atoms with Gasteiger partial charge in [0.2, 0.25) is 0 Å². The van der Waals surface area contributed by atoms with Gasteiger partial charge in [0.25, 0.3) is 5.91 Å². The number of hydrogen-bond acceptors (Lipinski definition) is 4. The van der Waals surface area contributed by atoms with E-state index in [2.05, 4.69) is 88.5 Å². The Balaban J connectivity index is 1.46. The Morgan fingerprint density at radius 1 is 0.944 bits per heavy atom. The van der Waals surface area contributed by atoms with Crippen molar-refractivity contribution >= 4 is 39.6 Å². The number of fused-ring (bicyclic) bond motifs is 4. The summed E-state index contributed by atoms with van der Waals surface area (Å²) in [5.74, 6) is -0.104. The lowest BCUT2D eigenvalue weighted by Crippen LogP contribution is -2.26. The molecule has 0 bridgehead atoms. The molecule has 0 radical (unpaired) electrons. The van der Waals surface area contributed by atoms with Gasteiger partial charge in [0, 0.05) is 28.1 Å². The molecule has 6 heteroatoms. The molecule has 0 atom stereocenters. The zero-order valence-electron chi connectivity index (χ0n) is 20.1. The lowest BCUT2D eigenvalue weighted by atomic mass is 10.0. The van der Waals surface area contributed by atoms with Crippen LogP contribution in [0.1, 0.15) is 36.7 Å². The molecule has 176 valence electrons. The number of amides is 1. The fourth-order valence-electron chi connectivity index (χ4n) is 4.86. The second kappa shape index (κ2) is 8.89. The molecule has 1 aliphatic rings. The summed E-state index contributed by atoms with van der Waals surface area (Å²) in [6, 6.07) is 28.5. The maximum absolute atomic E-state index is 12.3. The van der Waals surface area contributed by atoms with Crippen molar-refractivity contribution in [3.63, 3.8) is 0 Å². The number of para-hydroxylation sites is 2. The van der Waals surface area contributed by atoms with Crippen LogP contribution in [0.5, 0.6) is 0 Å². The molecule has 0 saturated heterocycles. The molecule has 6 nitrogen and oxygen atoms in total. The minimum absolute atomic E-state index is 0.212. The summed E-state index contributed by atoms with van der Waals surface area (Å²) in [4.78, 5) is 21.4. The van der Waals surface area contributed by atoms with Crippen LogP contribution in [0.15, 0.2) is 95.0 Å². The normalized spacial score (nSPS) is 13.2. The summed E-state index contributed by atoms with van der Waals surface area (Å²) >= 11 is 0. The number of aromatic nitrogens is 2. The first-order valence-corrected chi connectivity index (χ1v) is 12.1. The van der Waals surface area contributed by atoms with Crippen LogP contribution in [-0.2, 0) is 11.3 Å². The maximum Gasteiger partial charge on any atom is 0.296 e. The first-order chi connectivity index (χ1) is 17.6. The van der Waals surface area contributed by atoms with Gasteiger partial charge in [-0.15, -0.1) is 0 Å². The van der Waals surface area contributed by atoms with Gasteiger partial charge in [0.05, 0.1) is 28.5 Å². The van der Waals surface area contributed by atoms with E-state index in [0.29, 0.717) is 11.1 Å². The predicted molar refractivity (Wildman–Crippen MR) is 143 cm³/mol. The van der Waals surface area contributed by atoms with Gasteiger partial charge in [0.1, 0.15) is 5.70 Å². The van der Waals surface area contributed by atoms with Crippen molar-refractivity contribution in [3.8, 4) is 0 Å². The summed E-state index contributed by atoms with van der Waals surface area (Å²) in [6.45, 7) is 5.10. The van der Waals surface area contributed by atoms with E-state index in [9.17, 15) is 4.79 Å². The fourth-order valence-corrected chi connectivity index (χ4v) is 4.86. The van der Waals surface area contributed by atoms with Gasteiger partial charge in [-0.2, -0.15) is 5.10 Å². The van der Waals surface area contributed by atoms with Crippen LogP contribution in [0.4, 0.5) is 0 Å². The molecule has 36 heavy (non-hydrogen) atoms. The molecule has 1 amide bonds. The second-order valence-corrected chi connectivity index (χ2v) is 9.25. The van der Waals surface area contributed by atoms with Crippen LogP contribution in [0.3, 0.4) is 0 Å². The van der Waals surface area contributed by atoms with Crippen molar-refractivity contribution in [2.45, 2.75) is 26.3 Å². The number of rotatable bonds is 6. The number of nitrogens with zero attached hydrogens (tertiary/aromatic N) is 4. The van der Waals surface area contributed by atoms with E-state index < -0.39 is 0 Å². The van der Waals surface area contributed by atoms with Gasteiger partial charge in [-0.1, -0.05) is 80.6 Å². The average molecular weight is 472 g/mol. The number of hydrazone groups is 1. The van der Waals surface area contributed by atoms with Gasteiger partial charge in [0.15, 0.2) is 0 Å². The zero-order chi connectivity index (χ0) is 24.6. The molecular formula is C30H25N5O. The summed E-state index contributed by atoms with van der Waals surface area (Å²) in [7, 11) is 0. The predicted octanol–water partition coefficient (Wildman–Crippen LogP) is 4.25. The van der Waals surface area contributed by atoms with Crippen LogP contribution in [-0.4, -0.2) is 21.7 Å². The zero-order valence-corrected chi connectivity index (χ0v) is 20.1. The number of benzene rings is 3. The van der Waals surface area contributed by atoms with Gasteiger partial charge in [-0.3, -0.25) is 10.2 Å². The third kappa shape index (κ3) is 3.77. The highest BCUT2D eigenvalue weighted by molar-refractivity contribution is 6.14. The van der Waals surface area contributed by atoms with Gasteiger partial charge in [-0.25, -0.2) is 9.98 Å². The van der Waals surface area contributed by atoms with Gasteiger partial charge in [-0.05, 0) is 29.7 Å². The topological polar surface area (TPSA) is 71.6 Å². The van der Waals surface area contributed by atoms with Crippen molar-refractivity contribution in [1.29, 1.82) is 0 Å². The van der Waals surface area contributed by atoms with Crippen molar-refractivity contribution < 1.29 is 4.79 Å². The Bertz CT molecular complexity index is 1780. The quantitative estimate of drug-likeness (QED) is 0.297. The van der Waals surface area contributed by atoms with Gasteiger partial charge >= 0.3 is 0 Å². The van der Waals surface area contributed by atoms with E-state index in [1.807, 2.05) is 30.3 Å². The van der Waals surface area contributed by atoms with Crippen LogP contribution >= 0.6 is 0 Å². The summed E-state index contributed by atoms with van der Waals surface area (Å²) in [5, 5.41) is 8.12. The minimum atomic E-state index is -0.316. The molecule has 0 unspecified atom stereocenters. The highest BCUT2D eigenvalue weighted by Crippen LogP contribution is 2.34. The SMILES string of the molecule is CC(C)c1nc(C=NNC2=c3ccccc3=NC2=O)cc2c3ccccc3n(Cc3ccccc3)c12. The highest BCUT2D eigenvalue weighted by Gasteiger charge is 2.19. The largest absolute Gasteiger partial charge is 0.334 e. The first-order valence-electron chi connectivity index (χ1n) is 12.1. The van der Waals surface area contributed by atoms with Crippen LogP contribution in [0, 0.1) is 0 Å². The number of nitrogens with one attached hydrogen (secondary N) is 1. The monoisotopic (exact) mass is 471 g/mol. The third-order valence-corrected chi connectivity index (χ3v) is 6.51. The van der Waals surface area contributed by atoms with Crippen LogP contribution in [0.2, 0.25) is 0 Å². The molecule has 0 saturated carbocycles. The number of carbonyl (C=O) groups is 1. The van der Waals surface area contributed by atoms with Crippen LogP contribution < -0.4 is 16.0 Å². The first kappa shape index (κ1) is 21.9. The Hall–Kier alpha value is -4.58. The van der Waals surface area contributed by atoms with E-state index in [1.54, 1.807) is 6.21 Å². The Morgan fingerprint density at radius 3 is 2.53 bits per heavy atom. The molecule has 0 aliphatic carbocycles. The highest BCUT2D eigenvalue weighted by atomic mass is 16.1. The summed E-state index contributed by atoms with van der Waals surface area (Å²) < 4.78 is 2.37. The molecule has 6 rings (SSSR count). The summed E-state index contributed by atoms with van der Waals surface area (Å²) in [5.41, 5.74) is 8.61. The Kier molecular flexibility index (Phi) is 5.41. The molecular weight excluding hydrogens is 446 g/mol.